The summed E-state index contributed by atoms with van der Waals surface area (Å²) in [5.41, 5.74) is 1.68. The fourth-order valence-corrected chi connectivity index (χ4v) is 3.31. The van der Waals surface area contributed by atoms with Crippen LogP contribution in [-0.4, -0.2) is 10.9 Å². The number of benzene rings is 1. The molecule has 1 aromatic heterocycles. The van der Waals surface area contributed by atoms with Crippen molar-refractivity contribution in [3.05, 3.63) is 46.8 Å². The second-order valence-electron chi connectivity index (χ2n) is 4.99. The van der Waals surface area contributed by atoms with Crippen molar-refractivity contribution in [2.45, 2.75) is 19.3 Å². The number of carbonyl (C=O) groups is 1. The lowest BCUT2D eigenvalue weighted by Gasteiger charge is -2.15. The molecule has 21 heavy (non-hydrogen) atoms. The zero-order chi connectivity index (χ0) is 14.7. The number of thiazole rings is 1. The summed E-state index contributed by atoms with van der Waals surface area (Å²) < 4.78 is 0. The molecule has 1 amide bonds. The predicted octanol–water partition coefficient (Wildman–Crippen LogP) is 4.76. The van der Waals surface area contributed by atoms with Gasteiger partial charge in [-0.25, -0.2) is 4.98 Å². The Bertz CT molecular complexity index is 680. The van der Waals surface area contributed by atoms with Gasteiger partial charge in [0.25, 0.3) is 0 Å². The fraction of sp³-hybridized carbons (Fsp3) is 0.250. The van der Waals surface area contributed by atoms with Crippen molar-refractivity contribution in [2.75, 3.05) is 5.32 Å². The van der Waals surface area contributed by atoms with E-state index in [9.17, 15) is 4.79 Å². The van der Waals surface area contributed by atoms with Crippen LogP contribution in [-0.2, 0) is 4.79 Å². The van der Waals surface area contributed by atoms with Gasteiger partial charge < -0.3 is 5.32 Å². The first-order valence-electron chi connectivity index (χ1n) is 6.90. The number of rotatable bonds is 3. The molecule has 0 radical (unpaired) electrons. The van der Waals surface area contributed by atoms with Gasteiger partial charge in [-0.05, 0) is 25.3 Å². The van der Waals surface area contributed by atoms with E-state index < -0.39 is 0 Å². The summed E-state index contributed by atoms with van der Waals surface area (Å²) in [6, 6.07) is 7.57. The molecule has 108 valence electrons. The molecule has 1 unspecified atom stereocenters. The zero-order valence-electron chi connectivity index (χ0n) is 11.4. The number of amides is 1. The molecular weight excluding hydrogens is 304 g/mol. The molecule has 1 aromatic carbocycles. The van der Waals surface area contributed by atoms with Crippen LogP contribution in [0.5, 0.6) is 0 Å². The smallest absolute Gasteiger partial charge is 0.229 e. The Kier molecular flexibility index (Phi) is 4.36. The van der Waals surface area contributed by atoms with Crippen LogP contribution in [0.15, 0.2) is 41.8 Å². The van der Waals surface area contributed by atoms with Gasteiger partial charge in [0.2, 0.25) is 5.91 Å². The van der Waals surface area contributed by atoms with E-state index in [1.54, 1.807) is 0 Å². The summed E-state index contributed by atoms with van der Waals surface area (Å²) >= 11 is 7.59. The van der Waals surface area contributed by atoms with Gasteiger partial charge in [0.1, 0.15) is 0 Å². The van der Waals surface area contributed by atoms with Gasteiger partial charge in [0.15, 0.2) is 5.13 Å². The number of hydrogen-bond acceptors (Lipinski definition) is 3. The Morgan fingerprint density at radius 2 is 2.19 bits per heavy atom. The number of hydrogen-bond donors (Lipinski definition) is 1. The summed E-state index contributed by atoms with van der Waals surface area (Å²) in [4.78, 5) is 16.6. The van der Waals surface area contributed by atoms with Crippen molar-refractivity contribution in [1.29, 1.82) is 0 Å². The summed E-state index contributed by atoms with van der Waals surface area (Å²) in [6.45, 7) is 0. The van der Waals surface area contributed by atoms with Crippen LogP contribution in [0.4, 0.5) is 5.13 Å². The second kappa shape index (κ2) is 6.41. The maximum Gasteiger partial charge on any atom is 0.229 e. The minimum absolute atomic E-state index is 0.0550. The second-order valence-corrected chi connectivity index (χ2v) is 6.25. The number of halogens is 1. The third-order valence-electron chi connectivity index (χ3n) is 3.52. The molecule has 0 fully saturated rings. The summed E-state index contributed by atoms with van der Waals surface area (Å²) in [5, 5.41) is 6.12. The van der Waals surface area contributed by atoms with Gasteiger partial charge in [0.05, 0.1) is 5.69 Å². The monoisotopic (exact) mass is 318 g/mol. The van der Waals surface area contributed by atoms with E-state index >= 15 is 0 Å². The summed E-state index contributed by atoms with van der Waals surface area (Å²) in [5.74, 6) is 0.113. The molecule has 2 aromatic rings. The van der Waals surface area contributed by atoms with Gasteiger partial charge in [-0.2, -0.15) is 0 Å². The number of anilines is 1. The van der Waals surface area contributed by atoms with Crippen molar-refractivity contribution in [3.8, 4) is 11.3 Å². The van der Waals surface area contributed by atoms with Crippen LogP contribution in [0.1, 0.15) is 19.3 Å². The van der Waals surface area contributed by atoms with Crippen LogP contribution in [0, 0.1) is 5.92 Å². The Hall–Kier alpha value is -1.65. The minimum Gasteiger partial charge on any atom is -0.302 e. The van der Waals surface area contributed by atoms with Crippen molar-refractivity contribution >= 4 is 34.0 Å². The maximum atomic E-state index is 12.2. The quantitative estimate of drug-likeness (QED) is 0.829. The van der Waals surface area contributed by atoms with Gasteiger partial charge in [-0.1, -0.05) is 42.0 Å². The van der Waals surface area contributed by atoms with E-state index in [-0.39, 0.29) is 11.8 Å². The number of carbonyl (C=O) groups excluding carboxylic acids is 1. The average molecular weight is 319 g/mol. The predicted molar refractivity (Wildman–Crippen MR) is 87.7 cm³/mol. The standard InChI is InChI=1S/C16H15ClN2OS/c17-13-9-5-4-8-12(13)14-10-21-16(18-14)19-15(20)11-6-2-1-3-7-11/h1-2,4-5,8-11H,3,6-7H2,(H,18,19,20). The molecule has 1 heterocycles. The molecule has 0 spiro atoms. The first kappa shape index (κ1) is 14.3. The highest BCUT2D eigenvalue weighted by atomic mass is 35.5. The molecule has 1 atom stereocenters. The average Bonchev–Trinajstić information content (AvgIpc) is 2.97. The van der Waals surface area contributed by atoms with E-state index in [0.29, 0.717) is 10.2 Å². The zero-order valence-corrected chi connectivity index (χ0v) is 13.0. The van der Waals surface area contributed by atoms with Crippen molar-refractivity contribution in [1.82, 2.24) is 4.98 Å². The number of allylic oxidation sites excluding steroid dienone is 2. The minimum atomic E-state index is 0.0550. The lowest BCUT2D eigenvalue weighted by Crippen LogP contribution is -2.23. The summed E-state index contributed by atoms with van der Waals surface area (Å²) in [7, 11) is 0. The van der Waals surface area contributed by atoms with E-state index in [2.05, 4.69) is 22.5 Å². The largest absolute Gasteiger partial charge is 0.302 e. The Morgan fingerprint density at radius 3 is 2.95 bits per heavy atom. The molecule has 1 aliphatic rings. The normalized spacial score (nSPS) is 17.7. The van der Waals surface area contributed by atoms with Crippen molar-refractivity contribution < 1.29 is 4.79 Å². The third-order valence-corrected chi connectivity index (χ3v) is 4.61. The first-order valence-corrected chi connectivity index (χ1v) is 8.16. The van der Waals surface area contributed by atoms with Crippen molar-refractivity contribution in [2.24, 2.45) is 5.92 Å². The molecule has 0 saturated heterocycles. The molecule has 3 rings (SSSR count). The molecular formula is C16H15ClN2OS. The van der Waals surface area contributed by atoms with Gasteiger partial charge in [-0.15, -0.1) is 11.3 Å². The Morgan fingerprint density at radius 1 is 1.33 bits per heavy atom. The Balaban J connectivity index is 1.72. The molecule has 0 saturated carbocycles. The van der Waals surface area contributed by atoms with Crippen LogP contribution in [0.3, 0.4) is 0 Å². The number of nitrogens with zero attached hydrogens (tertiary/aromatic N) is 1. The maximum absolute atomic E-state index is 12.2. The highest BCUT2D eigenvalue weighted by Gasteiger charge is 2.19. The first-order chi connectivity index (χ1) is 10.2. The molecule has 3 nitrogen and oxygen atoms in total. The van der Waals surface area contributed by atoms with E-state index in [4.69, 9.17) is 11.6 Å². The topological polar surface area (TPSA) is 42.0 Å². The lowest BCUT2D eigenvalue weighted by atomic mass is 9.94. The Labute approximate surface area is 132 Å². The number of nitrogens with one attached hydrogen (secondary N) is 1. The van der Waals surface area contributed by atoms with E-state index in [1.165, 1.54) is 11.3 Å². The van der Waals surface area contributed by atoms with Crippen LogP contribution >= 0.6 is 22.9 Å². The van der Waals surface area contributed by atoms with Crippen LogP contribution < -0.4 is 5.32 Å². The van der Waals surface area contributed by atoms with Gasteiger partial charge >= 0.3 is 0 Å². The van der Waals surface area contributed by atoms with Crippen LogP contribution in [0.2, 0.25) is 5.02 Å². The van der Waals surface area contributed by atoms with Crippen molar-refractivity contribution in [3.63, 3.8) is 0 Å². The molecule has 1 aliphatic carbocycles. The molecule has 0 bridgehead atoms. The lowest BCUT2D eigenvalue weighted by molar-refractivity contribution is -0.120. The van der Waals surface area contributed by atoms with Crippen LogP contribution in [0.25, 0.3) is 11.3 Å². The van der Waals surface area contributed by atoms with E-state index in [1.807, 2.05) is 29.6 Å². The van der Waals surface area contributed by atoms with Gasteiger partial charge in [0, 0.05) is 21.9 Å². The summed E-state index contributed by atoms with van der Waals surface area (Å²) in [6.07, 6.45) is 6.90. The fourth-order valence-electron chi connectivity index (χ4n) is 2.36. The highest BCUT2D eigenvalue weighted by molar-refractivity contribution is 7.14. The molecule has 0 aliphatic heterocycles. The molecule has 5 heteroatoms. The van der Waals surface area contributed by atoms with Gasteiger partial charge in [-0.3, -0.25) is 4.79 Å². The third kappa shape index (κ3) is 3.34. The number of aromatic nitrogens is 1. The molecule has 1 N–H and O–H groups in total. The van der Waals surface area contributed by atoms with E-state index in [0.717, 1.165) is 30.5 Å². The highest BCUT2D eigenvalue weighted by Crippen LogP contribution is 2.30. The SMILES string of the molecule is O=C(Nc1nc(-c2ccccc2Cl)cs1)C1CC=CCC1.